The highest BCUT2D eigenvalue weighted by molar-refractivity contribution is 7.09. The summed E-state index contributed by atoms with van der Waals surface area (Å²) in [5.74, 6) is -1.11. The first-order chi connectivity index (χ1) is 20.3. The van der Waals surface area contributed by atoms with Crippen molar-refractivity contribution in [2.24, 2.45) is 5.92 Å². The van der Waals surface area contributed by atoms with Crippen LogP contribution in [0.2, 0.25) is 0 Å². The zero-order valence-electron chi connectivity index (χ0n) is 23.8. The first kappa shape index (κ1) is 29.4. The highest BCUT2D eigenvalue weighted by Crippen LogP contribution is 2.39. The summed E-state index contributed by atoms with van der Waals surface area (Å²) in [6, 6.07) is 9.22. The van der Waals surface area contributed by atoms with Gasteiger partial charge >= 0.3 is 0 Å². The van der Waals surface area contributed by atoms with Crippen LogP contribution >= 0.6 is 11.3 Å². The van der Waals surface area contributed by atoms with Crippen LogP contribution < -0.4 is 21.3 Å². The van der Waals surface area contributed by atoms with Gasteiger partial charge in [-0.25, -0.2) is 4.98 Å². The summed E-state index contributed by atoms with van der Waals surface area (Å²) in [7, 11) is 0. The van der Waals surface area contributed by atoms with Gasteiger partial charge in [-0.2, -0.15) is 5.10 Å². The molecule has 2 aliphatic rings. The van der Waals surface area contributed by atoms with Crippen molar-refractivity contribution in [1.82, 2.24) is 36.4 Å². The predicted octanol–water partition coefficient (Wildman–Crippen LogP) is 3.00. The first-order valence-electron chi connectivity index (χ1n) is 14.5. The maximum atomic E-state index is 13.5. The summed E-state index contributed by atoms with van der Waals surface area (Å²) in [6.45, 7) is 4.28. The van der Waals surface area contributed by atoms with Crippen LogP contribution in [-0.2, 0) is 16.0 Å². The Morgan fingerprint density at radius 2 is 1.83 bits per heavy atom. The number of aromatic amines is 1. The van der Waals surface area contributed by atoms with E-state index in [1.165, 1.54) is 11.3 Å². The number of hydrogen-bond donors (Lipinski definition) is 5. The van der Waals surface area contributed by atoms with Crippen molar-refractivity contribution in [3.05, 3.63) is 69.4 Å². The van der Waals surface area contributed by atoms with Crippen molar-refractivity contribution in [3.63, 3.8) is 0 Å². The average Bonchev–Trinajstić information content (AvgIpc) is 3.49. The van der Waals surface area contributed by atoms with Gasteiger partial charge in [0.2, 0.25) is 11.8 Å². The highest BCUT2D eigenvalue weighted by Gasteiger charge is 2.31. The third-order valence-corrected chi connectivity index (χ3v) is 8.51. The number of benzene rings is 1. The Bertz CT molecular complexity index is 1420. The zero-order chi connectivity index (χ0) is 29.6. The molecule has 0 saturated heterocycles. The largest absolute Gasteiger partial charge is 0.354 e. The Morgan fingerprint density at radius 3 is 2.57 bits per heavy atom. The SMILES string of the molecule is CC(C)[C@H]1NC(=O)[C@@H](NC(=O)c2cc(C3CC3)[nH]n2)CCCCNC(=O)[C@@H](Cc2ccccc2)NC(=O)c2csc1n2. The summed E-state index contributed by atoms with van der Waals surface area (Å²) in [5, 5.41) is 21.0. The van der Waals surface area contributed by atoms with Gasteiger partial charge in [0, 0.05) is 30.0 Å². The molecule has 3 aromatic rings. The number of carbonyl (C=O) groups is 4. The minimum atomic E-state index is -0.808. The number of nitrogens with one attached hydrogen (secondary N) is 5. The molecule has 0 radical (unpaired) electrons. The Balaban J connectivity index is 1.35. The molecule has 11 nitrogen and oxygen atoms in total. The molecule has 5 rings (SSSR count). The third-order valence-electron chi connectivity index (χ3n) is 7.58. The summed E-state index contributed by atoms with van der Waals surface area (Å²) in [5.41, 5.74) is 2.30. The molecule has 0 unspecified atom stereocenters. The molecule has 12 heteroatoms. The Labute approximate surface area is 248 Å². The van der Waals surface area contributed by atoms with Gasteiger partial charge in [0.15, 0.2) is 0 Å². The van der Waals surface area contributed by atoms with E-state index in [0.29, 0.717) is 43.2 Å². The summed E-state index contributed by atoms with van der Waals surface area (Å²) in [6.07, 6.45) is 4.04. The van der Waals surface area contributed by atoms with Crippen LogP contribution in [0.15, 0.2) is 41.8 Å². The van der Waals surface area contributed by atoms with Gasteiger partial charge in [-0.1, -0.05) is 44.2 Å². The number of aromatic nitrogens is 3. The second kappa shape index (κ2) is 13.3. The van der Waals surface area contributed by atoms with Gasteiger partial charge in [0.05, 0.1) is 6.04 Å². The van der Waals surface area contributed by atoms with Crippen molar-refractivity contribution in [1.29, 1.82) is 0 Å². The number of thiazole rings is 1. The molecular weight excluding hydrogens is 554 g/mol. The quantitative estimate of drug-likeness (QED) is 0.297. The van der Waals surface area contributed by atoms with Crippen LogP contribution in [0.1, 0.15) is 95.2 Å². The Hall–Kier alpha value is -4.06. The van der Waals surface area contributed by atoms with E-state index in [1.807, 2.05) is 44.2 Å². The van der Waals surface area contributed by atoms with Crippen LogP contribution in [0.4, 0.5) is 0 Å². The molecular formula is C30H37N7O4S. The third kappa shape index (κ3) is 7.41. The number of carbonyl (C=O) groups excluding carboxylic acids is 4. The second-order valence-corrected chi connectivity index (χ2v) is 12.2. The van der Waals surface area contributed by atoms with Crippen molar-refractivity contribution < 1.29 is 19.2 Å². The number of hydrogen-bond acceptors (Lipinski definition) is 7. The van der Waals surface area contributed by atoms with E-state index >= 15 is 0 Å². The first-order valence-corrected chi connectivity index (χ1v) is 15.4. The van der Waals surface area contributed by atoms with E-state index in [4.69, 9.17) is 0 Å². The topological polar surface area (TPSA) is 158 Å². The van der Waals surface area contributed by atoms with E-state index in [2.05, 4.69) is 36.4 Å². The molecule has 3 atom stereocenters. The Kier molecular flexibility index (Phi) is 9.31. The van der Waals surface area contributed by atoms with Crippen molar-refractivity contribution in [2.45, 2.75) is 76.4 Å². The fourth-order valence-electron chi connectivity index (χ4n) is 4.96. The normalized spacial score (nSPS) is 22.3. The lowest BCUT2D eigenvalue weighted by Crippen LogP contribution is -2.49. The van der Waals surface area contributed by atoms with Crippen molar-refractivity contribution in [2.75, 3.05) is 6.54 Å². The molecule has 1 fully saturated rings. The number of H-pyrrole nitrogens is 1. The fraction of sp³-hybridized carbons (Fsp3) is 0.467. The molecule has 1 aliphatic carbocycles. The van der Waals surface area contributed by atoms with Crippen molar-refractivity contribution in [3.8, 4) is 0 Å². The van der Waals surface area contributed by atoms with Crippen LogP contribution in [0.25, 0.3) is 0 Å². The van der Waals surface area contributed by atoms with E-state index in [9.17, 15) is 19.2 Å². The number of rotatable bonds is 6. The van der Waals surface area contributed by atoms with Crippen molar-refractivity contribution >= 4 is 35.0 Å². The van der Waals surface area contributed by atoms with Gasteiger partial charge in [0.25, 0.3) is 11.8 Å². The number of amides is 4. The smallest absolute Gasteiger partial charge is 0.272 e. The summed E-state index contributed by atoms with van der Waals surface area (Å²) in [4.78, 5) is 57.5. The molecule has 0 spiro atoms. The molecule has 1 aromatic carbocycles. The summed E-state index contributed by atoms with van der Waals surface area (Å²) < 4.78 is 0. The number of fused-ring (bicyclic) bond motifs is 2. The second-order valence-electron chi connectivity index (χ2n) is 11.3. The van der Waals surface area contributed by atoms with E-state index in [-0.39, 0.29) is 29.1 Å². The lowest BCUT2D eigenvalue weighted by molar-refractivity contribution is -0.124. The Morgan fingerprint density at radius 1 is 1.05 bits per heavy atom. The molecule has 4 amide bonds. The molecule has 222 valence electrons. The fourth-order valence-corrected chi connectivity index (χ4v) is 5.98. The molecule has 5 N–H and O–H groups in total. The van der Waals surface area contributed by atoms with Gasteiger partial charge < -0.3 is 21.3 Å². The molecule has 2 bridgehead atoms. The monoisotopic (exact) mass is 591 g/mol. The molecule has 42 heavy (non-hydrogen) atoms. The standard InChI is InChI=1S/C30H37N7O4S/c1-17(2)25-30-34-24(16-42-30)29(41)33-22(14-18-8-4-3-5-9-18)26(38)31-13-7-6-10-20(27(39)35-25)32-28(40)23-15-21(36-37-23)19-11-12-19/h3-5,8-9,15-17,19-20,22,25H,6-7,10-14H2,1-2H3,(H,31,38)(H,32,40)(H,33,41)(H,35,39)(H,36,37)/t20-,22+,25+/m0/s1. The maximum absolute atomic E-state index is 13.5. The van der Waals surface area contributed by atoms with E-state index in [1.54, 1.807) is 11.4 Å². The predicted molar refractivity (Wildman–Crippen MR) is 158 cm³/mol. The molecule has 2 aromatic heterocycles. The average molecular weight is 592 g/mol. The van der Waals surface area contributed by atoms with Gasteiger partial charge in [0.1, 0.15) is 28.5 Å². The lowest BCUT2D eigenvalue weighted by atomic mass is 10.0. The van der Waals surface area contributed by atoms with E-state index in [0.717, 1.165) is 24.1 Å². The highest BCUT2D eigenvalue weighted by atomic mass is 32.1. The number of nitrogens with zero attached hydrogens (tertiary/aromatic N) is 2. The van der Waals surface area contributed by atoms with Gasteiger partial charge in [-0.05, 0) is 49.7 Å². The van der Waals surface area contributed by atoms with E-state index < -0.39 is 29.9 Å². The molecule has 1 saturated carbocycles. The van der Waals surface area contributed by atoms with Crippen LogP contribution in [0.3, 0.4) is 0 Å². The maximum Gasteiger partial charge on any atom is 0.272 e. The van der Waals surface area contributed by atoms with Gasteiger partial charge in [-0.15, -0.1) is 11.3 Å². The molecule has 1 aliphatic heterocycles. The van der Waals surface area contributed by atoms with Crippen LogP contribution in [-0.4, -0.2) is 57.4 Å². The van der Waals surface area contributed by atoms with Crippen LogP contribution in [0, 0.1) is 5.92 Å². The summed E-state index contributed by atoms with van der Waals surface area (Å²) >= 11 is 1.27. The minimum Gasteiger partial charge on any atom is -0.354 e. The molecule has 3 heterocycles. The zero-order valence-corrected chi connectivity index (χ0v) is 24.6. The minimum absolute atomic E-state index is 0.0321. The lowest BCUT2D eigenvalue weighted by Gasteiger charge is -2.25. The van der Waals surface area contributed by atoms with Crippen LogP contribution in [0.5, 0.6) is 0 Å². The van der Waals surface area contributed by atoms with Gasteiger partial charge in [-0.3, -0.25) is 24.3 Å².